The summed E-state index contributed by atoms with van der Waals surface area (Å²) in [5.74, 6) is 1.00. The highest BCUT2D eigenvalue weighted by atomic mass is 35.5. The number of fused-ring (bicyclic) bond motifs is 1. The molecule has 1 amide bonds. The first-order valence-electron chi connectivity index (χ1n) is 13.1. The Balaban J connectivity index is 1.22. The third-order valence-electron chi connectivity index (χ3n) is 7.76. The highest BCUT2D eigenvalue weighted by Gasteiger charge is 2.34. The monoisotopic (exact) mass is 535 g/mol. The van der Waals surface area contributed by atoms with Crippen LogP contribution in [0.4, 0.5) is 11.5 Å². The van der Waals surface area contributed by atoms with Crippen molar-refractivity contribution in [2.24, 2.45) is 0 Å². The molecular formula is C29H31Cl2N5O. The van der Waals surface area contributed by atoms with Crippen LogP contribution in [0.1, 0.15) is 41.6 Å². The summed E-state index contributed by atoms with van der Waals surface area (Å²) in [7, 11) is 0. The molecule has 192 valence electrons. The number of anilines is 2. The highest BCUT2D eigenvalue weighted by molar-refractivity contribution is 6.33. The minimum Gasteiger partial charge on any atom is -0.367 e. The van der Waals surface area contributed by atoms with Crippen molar-refractivity contribution in [1.29, 1.82) is 0 Å². The Morgan fingerprint density at radius 3 is 2.57 bits per heavy atom. The maximum absolute atomic E-state index is 13.4. The van der Waals surface area contributed by atoms with Crippen LogP contribution in [-0.4, -0.2) is 59.6 Å². The fourth-order valence-electron chi connectivity index (χ4n) is 5.83. The molecule has 0 aliphatic carbocycles. The number of amides is 1. The number of carbonyl (C=O) groups is 1. The number of hydrogen-bond donors (Lipinski definition) is 1. The summed E-state index contributed by atoms with van der Waals surface area (Å²) in [6.45, 7) is 5.35. The van der Waals surface area contributed by atoms with Gasteiger partial charge in [0, 0.05) is 66.6 Å². The molecule has 2 fully saturated rings. The van der Waals surface area contributed by atoms with Crippen LogP contribution in [0.3, 0.4) is 0 Å². The summed E-state index contributed by atoms with van der Waals surface area (Å²) in [6, 6.07) is 15.7. The van der Waals surface area contributed by atoms with Gasteiger partial charge in [-0.25, -0.2) is 4.98 Å². The molecule has 0 saturated carbocycles. The van der Waals surface area contributed by atoms with Gasteiger partial charge in [-0.3, -0.25) is 9.69 Å². The van der Waals surface area contributed by atoms with Gasteiger partial charge in [0.25, 0.3) is 5.91 Å². The van der Waals surface area contributed by atoms with Crippen molar-refractivity contribution in [2.45, 2.75) is 38.4 Å². The molecule has 0 bridgehead atoms. The number of likely N-dealkylation sites (tertiary alicyclic amines) is 2. The number of nitrogens with one attached hydrogen (secondary N) is 1. The topological polar surface area (TPSA) is 51.7 Å². The molecule has 2 aromatic carbocycles. The molecule has 1 unspecified atom stereocenters. The van der Waals surface area contributed by atoms with Crippen molar-refractivity contribution in [3.8, 4) is 11.1 Å². The third-order valence-corrected chi connectivity index (χ3v) is 8.36. The number of rotatable bonds is 5. The second-order valence-electron chi connectivity index (χ2n) is 10.1. The number of nitrogens with zero attached hydrogens (tertiary/aromatic N) is 4. The van der Waals surface area contributed by atoms with E-state index in [0.29, 0.717) is 16.6 Å². The van der Waals surface area contributed by atoms with Crippen molar-refractivity contribution in [2.75, 3.05) is 42.9 Å². The van der Waals surface area contributed by atoms with E-state index in [4.69, 9.17) is 28.2 Å². The van der Waals surface area contributed by atoms with E-state index in [1.54, 1.807) is 0 Å². The molecule has 6 rings (SSSR count). The Hall–Kier alpha value is -2.80. The van der Waals surface area contributed by atoms with E-state index in [2.05, 4.69) is 26.1 Å². The number of hydrogen-bond acceptors (Lipinski definition) is 5. The predicted octanol–water partition coefficient (Wildman–Crippen LogP) is 6.15. The van der Waals surface area contributed by atoms with E-state index in [1.807, 2.05) is 48.7 Å². The van der Waals surface area contributed by atoms with Gasteiger partial charge in [-0.1, -0.05) is 35.3 Å². The van der Waals surface area contributed by atoms with E-state index >= 15 is 0 Å². The number of aromatic nitrogens is 1. The van der Waals surface area contributed by atoms with Crippen LogP contribution in [0, 0.1) is 0 Å². The molecule has 3 aliphatic heterocycles. The van der Waals surface area contributed by atoms with Crippen LogP contribution >= 0.6 is 23.2 Å². The largest absolute Gasteiger partial charge is 0.367 e. The quantitative estimate of drug-likeness (QED) is 0.424. The Labute approximate surface area is 228 Å². The van der Waals surface area contributed by atoms with E-state index in [-0.39, 0.29) is 12.1 Å². The van der Waals surface area contributed by atoms with E-state index in [9.17, 15) is 4.79 Å². The van der Waals surface area contributed by atoms with Gasteiger partial charge in [0.15, 0.2) is 0 Å². The van der Waals surface area contributed by atoms with Crippen LogP contribution in [0.25, 0.3) is 11.1 Å². The minimum atomic E-state index is 0.137. The van der Waals surface area contributed by atoms with E-state index in [1.165, 1.54) is 12.8 Å². The lowest BCUT2D eigenvalue weighted by Crippen LogP contribution is -2.46. The van der Waals surface area contributed by atoms with Crippen LogP contribution < -0.4 is 10.2 Å². The molecule has 3 aromatic rings. The zero-order valence-electron chi connectivity index (χ0n) is 20.8. The SMILES string of the molecule is O=C(c1ccc(-c2cnc3c(c2)N(Cc2cc(Cl)ccc2Cl)CCN3)cc1)N1CCCC1N1CCCC1. The van der Waals surface area contributed by atoms with Crippen LogP contribution in [0.15, 0.2) is 54.7 Å². The van der Waals surface area contributed by atoms with Crippen molar-refractivity contribution in [3.63, 3.8) is 0 Å². The third kappa shape index (κ3) is 5.02. The fraction of sp³-hybridized carbons (Fsp3) is 0.379. The molecule has 1 atom stereocenters. The van der Waals surface area contributed by atoms with Crippen LogP contribution in [0.5, 0.6) is 0 Å². The first-order chi connectivity index (χ1) is 18.1. The Kier molecular flexibility index (Phi) is 6.98. The van der Waals surface area contributed by atoms with Gasteiger partial charge < -0.3 is 15.1 Å². The maximum atomic E-state index is 13.4. The number of benzene rings is 2. The fourth-order valence-corrected chi connectivity index (χ4v) is 6.20. The zero-order valence-corrected chi connectivity index (χ0v) is 22.3. The first-order valence-corrected chi connectivity index (χ1v) is 13.9. The molecular weight excluding hydrogens is 505 g/mol. The lowest BCUT2D eigenvalue weighted by atomic mass is 10.0. The van der Waals surface area contributed by atoms with Gasteiger partial charge in [-0.05, 0) is 73.2 Å². The molecule has 2 saturated heterocycles. The van der Waals surface area contributed by atoms with Gasteiger partial charge in [0.1, 0.15) is 5.82 Å². The minimum absolute atomic E-state index is 0.137. The second kappa shape index (κ2) is 10.5. The van der Waals surface area contributed by atoms with Gasteiger partial charge in [-0.2, -0.15) is 0 Å². The van der Waals surface area contributed by atoms with Crippen molar-refractivity contribution in [3.05, 3.63) is 75.9 Å². The highest BCUT2D eigenvalue weighted by Crippen LogP contribution is 2.34. The summed E-state index contributed by atoms with van der Waals surface area (Å²) in [5, 5.41) is 4.78. The molecule has 37 heavy (non-hydrogen) atoms. The molecule has 8 heteroatoms. The van der Waals surface area contributed by atoms with Gasteiger partial charge in [0.2, 0.25) is 0 Å². The Morgan fingerprint density at radius 2 is 1.76 bits per heavy atom. The molecule has 6 nitrogen and oxygen atoms in total. The Bertz CT molecular complexity index is 1290. The Morgan fingerprint density at radius 1 is 0.946 bits per heavy atom. The lowest BCUT2D eigenvalue weighted by molar-refractivity contribution is 0.0531. The van der Waals surface area contributed by atoms with E-state index < -0.39 is 0 Å². The van der Waals surface area contributed by atoms with Gasteiger partial charge >= 0.3 is 0 Å². The maximum Gasteiger partial charge on any atom is 0.255 e. The summed E-state index contributed by atoms with van der Waals surface area (Å²) >= 11 is 12.7. The summed E-state index contributed by atoms with van der Waals surface area (Å²) in [4.78, 5) is 24.9. The van der Waals surface area contributed by atoms with Gasteiger partial charge in [-0.15, -0.1) is 0 Å². The van der Waals surface area contributed by atoms with Crippen molar-refractivity contribution >= 4 is 40.6 Å². The number of pyridine rings is 1. The summed E-state index contributed by atoms with van der Waals surface area (Å²) in [5.41, 5.74) is 4.82. The summed E-state index contributed by atoms with van der Waals surface area (Å²) < 4.78 is 0. The van der Waals surface area contributed by atoms with Crippen molar-refractivity contribution in [1.82, 2.24) is 14.8 Å². The molecule has 0 radical (unpaired) electrons. The number of halogens is 2. The average Bonchev–Trinajstić information content (AvgIpc) is 3.63. The molecule has 1 N–H and O–H groups in total. The standard InChI is InChI=1S/C29H31Cl2N5O/c30-24-9-10-25(31)23(16-24)19-35-15-11-32-28-26(35)17-22(18-33-28)20-5-7-21(8-6-20)29(37)36-14-3-4-27(36)34-12-1-2-13-34/h5-10,16-18,27H,1-4,11-15,19H2,(H,32,33). The lowest BCUT2D eigenvalue weighted by Gasteiger charge is -2.32. The van der Waals surface area contributed by atoms with Crippen LogP contribution in [-0.2, 0) is 6.54 Å². The summed E-state index contributed by atoms with van der Waals surface area (Å²) in [6.07, 6.45) is 6.78. The first kappa shape index (κ1) is 24.5. The van der Waals surface area contributed by atoms with Crippen molar-refractivity contribution < 1.29 is 4.79 Å². The zero-order chi connectivity index (χ0) is 25.4. The molecule has 4 heterocycles. The van der Waals surface area contributed by atoms with Crippen LogP contribution in [0.2, 0.25) is 10.0 Å². The van der Waals surface area contributed by atoms with E-state index in [0.717, 1.165) is 79.3 Å². The molecule has 0 spiro atoms. The molecule has 3 aliphatic rings. The average molecular weight is 537 g/mol. The predicted molar refractivity (Wildman–Crippen MR) is 151 cm³/mol. The molecule has 1 aromatic heterocycles. The normalized spacial score (nSPS) is 19.7. The second-order valence-corrected chi connectivity index (χ2v) is 11.0. The number of carbonyl (C=O) groups excluding carboxylic acids is 1. The smallest absolute Gasteiger partial charge is 0.255 e. The van der Waals surface area contributed by atoms with Gasteiger partial charge in [0.05, 0.1) is 11.9 Å².